The van der Waals surface area contributed by atoms with Gasteiger partial charge in [0.2, 0.25) is 0 Å². The van der Waals surface area contributed by atoms with Crippen LogP contribution in [0.3, 0.4) is 0 Å². The summed E-state index contributed by atoms with van der Waals surface area (Å²) in [6.45, 7) is 2.08. The van der Waals surface area contributed by atoms with Crippen LogP contribution in [0.25, 0.3) is 0 Å². The average Bonchev–Trinajstić information content (AvgIpc) is 2.46. The number of hydrazine groups is 1. The molecule has 1 aromatic carbocycles. The lowest BCUT2D eigenvalue weighted by Gasteiger charge is -2.17. The van der Waals surface area contributed by atoms with Crippen molar-refractivity contribution in [3.63, 3.8) is 0 Å². The fraction of sp³-hybridized carbons (Fsp3) is 0.267. The van der Waals surface area contributed by atoms with Gasteiger partial charge in [-0.25, -0.2) is 4.39 Å². The number of nitrogens with zero attached hydrogens (tertiary/aromatic N) is 1. The summed E-state index contributed by atoms with van der Waals surface area (Å²) in [6.07, 6.45) is 3.40. The Hall–Kier alpha value is -1.49. The van der Waals surface area contributed by atoms with E-state index in [2.05, 4.69) is 17.3 Å². The molecule has 5 heteroatoms. The number of nitrogens with one attached hydrogen (secondary N) is 1. The summed E-state index contributed by atoms with van der Waals surface area (Å²) >= 11 is 6.06. The minimum Gasteiger partial charge on any atom is -0.271 e. The first-order chi connectivity index (χ1) is 9.63. The van der Waals surface area contributed by atoms with Crippen LogP contribution in [0.5, 0.6) is 0 Å². The number of hydrogen-bond donors (Lipinski definition) is 2. The van der Waals surface area contributed by atoms with Gasteiger partial charge in [0, 0.05) is 23.3 Å². The molecule has 0 radical (unpaired) electrons. The quantitative estimate of drug-likeness (QED) is 0.657. The average molecular weight is 294 g/mol. The minimum atomic E-state index is -0.361. The summed E-state index contributed by atoms with van der Waals surface area (Å²) in [6, 6.07) is 8.11. The first-order valence-corrected chi connectivity index (χ1v) is 6.86. The molecule has 2 rings (SSSR count). The van der Waals surface area contributed by atoms with Crippen molar-refractivity contribution in [2.45, 2.75) is 25.8 Å². The number of aromatic nitrogens is 1. The second-order valence-corrected chi connectivity index (χ2v) is 5.01. The predicted molar refractivity (Wildman–Crippen MR) is 78.8 cm³/mol. The van der Waals surface area contributed by atoms with E-state index in [0.717, 1.165) is 17.7 Å². The Balaban J connectivity index is 2.19. The molecule has 0 amide bonds. The maximum atomic E-state index is 13.1. The standard InChI is InChI=1S/C15H17ClFN3/c1-2-10-3-5-12(19-9-10)8-15(20-18)13-6-4-11(17)7-14(13)16/h3-7,9,15,20H,2,8,18H2,1H3. The molecule has 1 heterocycles. The van der Waals surface area contributed by atoms with Crippen molar-refractivity contribution in [3.05, 3.63) is 64.2 Å². The molecule has 3 N–H and O–H groups in total. The largest absolute Gasteiger partial charge is 0.271 e. The molecule has 2 aromatic rings. The van der Waals surface area contributed by atoms with Gasteiger partial charge in [-0.15, -0.1) is 0 Å². The molecule has 3 nitrogen and oxygen atoms in total. The van der Waals surface area contributed by atoms with Crippen LogP contribution < -0.4 is 11.3 Å². The molecule has 20 heavy (non-hydrogen) atoms. The monoisotopic (exact) mass is 293 g/mol. The molecule has 0 aliphatic heterocycles. The van der Waals surface area contributed by atoms with Gasteiger partial charge in [0.15, 0.2) is 0 Å². The van der Waals surface area contributed by atoms with Gasteiger partial charge in [-0.05, 0) is 35.7 Å². The van der Waals surface area contributed by atoms with Crippen molar-refractivity contribution in [3.8, 4) is 0 Å². The highest BCUT2D eigenvalue weighted by atomic mass is 35.5. The van der Waals surface area contributed by atoms with Gasteiger partial charge in [0.25, 0.3) is 0 Å². The third-order valence-electron chi connectivity index (χ3n) is 3.25. The Labute approximate surface area is 122 Å². The van der Waals surface area contributed by atoms with Crippen molar-refractivity contribution in [2.24, 2.45) is 5.84 Å². The lowest BCUT2D eigenvalue weighted by Crippen LogP contribution is -2.30. The van der Waals surface area contributed by atoms with Crippen LogP contribution in [0.1, 0.15) is 29.8 Å². The Kier molecular flexibility index (Phi) is 5.06. The Bertz CT molecular complexity index is 572. The molecule has 0 saturated carbocycles. The highest BCUT2D eigenvalue weighted by Gasteiger charge is 2.15. The van der Waals surface area contributed by atoms with Gasteiger partial charge in [0.05, 0.1) is 6.04 Å². The summed E-state index contributed by atoms with van der Waals surface area (Å²) < 4.78 is 13.1. The zero-order valence-electron chi connectivity index (χ0n) is 11.2. The van der Waals surface area contributed by atoms with E-state index in [9.17, 15) is 4.39 Å². The number of hydrogen-bond acceptors (Lipinski definition) is 3. The SMILES string of the molecule is CCc1ccc(CC(NN)c2ccc(F)cc2Cl)nc1. The second kappa shape index (κ2) is 6.79. The fourth-order valence-electron chi connectivity index (χ4n) is 2.04. The fourth-order valence-corrected chi connectivity index (χ4v) is 2.34. The van der Waals surface area contributed by atoms with E-state index >= 15 is 0 Å². The molecule has 0 aliphatic rings. The zero-order valence-corrected chi connectivity index (χ0v) is 12.0. The number of nitrogens with two attached hydrogens (primary N) is 1. The zero-order chi connectivity index (χ0) is 14.5. The summed E-state index contributed by atoms with van der Waals surface area (Å²) in [5.74, 6) is 5.22. The van der Waals surface area contributed by atoms with Crippen molar-refractivity contribution in [2.75, 3.05) is 0 Å². The van der Waals surface area contributed by atoms with E-state index < -0.39 is 0 Å². The van der Waals surface area contributed by atoms with E-state index in [1.165, 1.54) is 17.7 Å². The molecule has 0 aliphatic carbocycles. The number of aryl methyl sites for hydroxylation is 1. The van der Waals surface area contributed by atoms with E-state index in [1.54, 1.807) is 6.07 Å². The van der Waals surface area contributed by atoms with Gasteiger partial charge in [-0.1, -0.05) is 30.7 Å². The molecule has 1 unspecified atom stereocenters. The summed E-state index contributed by atoms with van der Waals surface area (Å²) in [7, 11) is 0. The molecule has 0 saturated heterocycles. The molecule has 0 fully saturated rings. The molecule has 0 spiro atoms. The molecular weight excluding hydrogens is 277 g/mol. The Morgan fingerprint density at radius 1 is 1.35 bits per heavy atom. The second-order valence-electron chi connectivity index (χ2n) is 4.60. The number of pyridine rings is 1. The van der Waals surface area contributed by atoms with Crippen molar-refractivity contribution < 1.29 is 4.39 Å². The summed E-state index contributed by atoms with van der Waals surface area (Å²) in [5.41, 5.74) is 5.56. The van der Waals surface area contributed by atoms with E-state index in [4.69, 9.17) is 17.4 Å². The van der Waals surface area contributed by atoms with Gasteiger partial charge < -0.3 is 0 Å². The highest BCUT2D eigenvalue weighted by Crippen LogP contribution is 2.25. The van der Waals surface area contributed by atoms with Crippen LogP contribution in [-0.4, -0.2) is 4.98 Å². The summed E-state index contributed by atoms with van der Waals surface area (Å²) in [5, 5.41) is 0.359. The normalized spacial score (nSPS) is 12.4. The van der Waals surface area contributed by atoms with Crippen LogP contribution in [-0.2, 0) is 12.8 Å². The van der Waals surface area contributed by atoms with Gasteiger partial charge in [-0.3, -0.25) is 16.3 Å². The highest BCUT2D eigenvalue weighted by molar-refractivity contribution is 6.31. The maximum Gasteiger partial charge on any atom is 0.124 e. The van der Waals surface area contributed by atoms with E-state index in [1.807, 2.05) is 18.3 Å². The van der Waals surface area contributed by atoms with Crippen LogP contribution in [0.4, 0.5) is 4.39 Å². The van der Waals surface area contributed by atoms with Crippen molar-refractivity contribution >= 4 is 11.6 Å². The van der Waals surface area contributed by atoms with Crippen LogP contribution in [0.15, 0.2) is 36.5 Å². The Morgan fingerprint density at radius 2 is 2.15 bits per heavy atom. The first-order valence-electron chi connectivity index (χ1n) is 6.49. The van der Waals surface area contributed by atoms with Crippen LogP contribution in [0, 0.1) is 5.82 Å². The molecule has 106 valence electrons. The molecule has 0 bridgehead atoms. The van der Waals surface area contributed by atoms with Gasteiger partial charge >= 0.3 is 0 Å². The molecular formula is C15H17ClFN3. The third kappa shape index (κ3) is 3.54. The molecule has 1 aromatic heterocycles. The lowest BCUT2D eigenvalue weighted by molar-refractivity contribution is 0.543. The Morgan fingerprint density at radius 3 is 2.70 bits per heavy atom. The first kappa shape index (κ1) is 14.9. The van der Waals surface area contributed by atoms with Crippen molar-refractivity contribution in [1.82, 2.24) is 10.4 Å². The number of rotatable bonds is 5. The lowest BCUT2D eigenvalue weighted by atomic mass is 10.0. The maximum absolute atomic E-state index is 13.1. The third-order valence-corrected chi connectivity index (χ3v) is 3.57. The van der Waals surface area contributed by atoms with Crippen LogP contribution >= 0.6 is 11.6 Å². The smallest absolute Gasteiger partial charge is 0.124 e. The number of halogens is 2. The van der Waals surface area contributed by atoms with Crippen molar-refractivity contribution in [1.29, 1.82) is 0 Å². The van der Waals surface area contributed by atoms with Gasteiger partial charge in [-0.2, -0.15) is 0 Å². The topological polar surface area (TPSA) is 50.9 Å². The van der Waals surface area contributed by atoms with Crippen LogP contribution in [0.2, 0.25) is 5.02 Å². The molecule has 1 atom stereocenters. The predicted octanol–water partition coefficient (Wildman–Crippen LogP) is 3.18. The van der Waals surface area contributed by atoms with E-state index in [-0.39, 0.29) is 11.9 Å². The minimum absolute atomic E-state index is 0.205. The van der Waals surface area contributed by atoms with E-state index in [0.29, 0.717) is 11.4 Å². The number of benzene rings is 1. The summed E-state index contributed by atoms with van der Waals surface area (Å²) in [4.78, 5) is 4.40. The van der Waals surface area contributed by atoms with Gasteiger partial charge in [0.1, 0.15) is 5.82 Å².